The number of nitrogens with one attached hydrogen (secondary N) is 2. The molecule has 0 radical (unpaired) electrons. The Kier molecular flexibility index (Phi) is 7.19. The van der Waals surface area contributed by atoms with Gasteiger partial charge < -0.3 is 30.0 Å². The second-order valence-electron chi connectivity index (χ2n) is 5.37. The highest BCUT2D eigenvalue weighted by Gasteiger charge is 2.34. The molecule has 1 unspecified atom stereocenters. The van der Waals surface area contributed by atoms with Crippen molar-refractivity contribution in [2.24, 2.45) is 0 Å². The van der Waals surface area contributed by atoms with Crippen molar-refractivity contribution in [3.8, 4) is 11.5 Å². The molecule has 0 bridgehead atoms. The molecule has 0 aromatic heterocycles. The third-order valence-electron chi connectivity index (χ3n) is 3.38. The monoisotopic (exact) mass is 354 g/mol. The lowest BCUT2D eigenvalue weighted by Crippen LogP contribution is -2.57. The first-order chi connectivity index (χ1) is 11.8. The van der Waals surface area contributed by atoms with Crippen LogP contribution < -0.4 is 20.1 Å². The molecule has 9 nitrogen and oxygen atoms in total. The molecule has 25 heavy (non-hydrogen) atoms. The molecule has 0 fully saturated rings. The summed E-state index contributed by atoms with van der Waals surface area (Å²) in [6.45, 7) is 0.713. The second-order valence-corrected chi connectivity index (χ2v) is 5.37. The number of hydrogen-bond donors (Lipinski definition) is 3. The van der Waals surface area contributed by atoms with E-state index in [1.54, 1.807) is 6.07 Å². The number of amides is 2. The van der Waals surface area contributed by atoms with Crippen LogP contribution in [0.15, 0.2) is 18.2 Å². The van der Waals surface area contributed by atoms with E-state index < -0.39 is 23.3 Å². The van der Waals surface area contributed by atoms with E-state index in [9.17, 15) is 14.4 Å². The molecule has 0 saturated carbocycles. The summed E-state index contributed by atoms with van der Waals surface area (Å²) in [7, 11) is 4.24. The molecule has 3 N–H and O–H groups in total. The van der Waals surface area contributed by atoms with Gasteiger partial charge in [0, 0.05) is 12.7 Å². The predicted molar refractivity (Wildman–Crippen MR) is 87.9 cm³/mol. The Balaban J connectivity index is 2.70. The summed E-state index contributed by atoms with van der Waals surface area (Å²) >= 11 is 0. The van der Waals surface area contributed by atoms with Crippen LogP contribution in [0.4, 0.5) is 0 Å². The number of carboxylic acid groups (broad SMARTS) is 1. The van der Waals surface area contributed by atoms with Crippen molar-refractivity contribution in [1.82, 2.24) is 10.6 Å². The first-order valence-corrected chi connectivity index (χ1v) is 7.31. The van der Waals surface area contributed by atoms with Gasteiger partial charge in [-0.15, -0.1) is 0 Å². The molecule has 0 heterocycles. The van der Waals surface area contributed by atoms with E-state index in [4.69, 9.17) is 19.3 Å². The summed E-state index contributed by atoms with van der Waals surface area (Å²) < 4.78 is 15.0. The van der Waals surface area contributed by atoms with Crippen LogP contribution in [0.25, 0.3) is 0 Å². The number of benzene rings is 1. The van der Waals surface area contributed by atoms with E-state index in [0.717, 1.165) is 0 Å². The van der Waals surface area contributed by atoms with Crippen molar-refractivity contribution in [1.29, 1.82) is 0 Å². The minimum absolute atomic E-state index is 0.211. The SMILES string of the molecule is COCC(C)(NC(=O)CNC(=O)c1ccc(OC)c(OC)c1)C(=O)O. The quantitative estimate of drug-likeness (QED) is 0.572. The molecule has 0 aliphatic rings. The average Bonchev–Trinajstić information content (AvgIpc) is 2.58. The van der Waals surface area contributed by atoms with E-state index in [1.165, 1.54) is 40.4 Å². The zero-order valence-corrected chi connectivity index (χ0v) is 14.5. The van der Waals surface area contributed by atoms with Crippen LogP contribution in [-0.2, 0) is 14.3 Å². The van der Waals surface area contributed by atoms with Gasteiger partial charge in [-0.05, 0) is 25.1 Å². The van der Waals surface area contributed by atoms with Crippen molar-refractivity contribution in [3.63, 3.8) is 0 Å². The molecular formula is C16H22N2O7. The van der Waals surface area contributed by atoms with Crippen LogP contribution in [0.1, 0.15) is 17.3 Å². The number of carboxylic acids is 1. The Hall–Kier alpha value is -2.81. The van der Waals surface area contributed by atoms with E-state index in [-0.39, 0.29) is 18.7 Å². The summed E-state index contributed by atoms with van der Waals surface area (Å²) in [4.78, 5) is 35.3. The summed E-state index contributed by atoms with van der Waals surface area (Å²) in [5, 5.41) is 13.9. The van der Waals surface area contributed by atoms with Gasteiger partial charge in [0.15, 0.2) is 17.0 Å². The number of methoxy groups -OCH3 is 3. The van der Waals surface area contributed by atoms with Crippen LogP contribution >= 0.6 is 0 Å². The number of carbonyl (C=O) groups is 3. The number of ether oxygens (including phenoxy) is 3. The highest BCUT2D eigenvalue weighted by molar-refractivity contribution is 5.97. The van der Waals surface area contributed by atoms with Gasteiger partial charge in [-0.3, -0.25) is 9.59 Å². The summed E-state index contributed by atoms with van der Waals surface area (Å²) in [6, 6.07) is 4.55. The maximum absolute atomic E-state index is 12.1. The number of rotatable bonds is 9. The number of carbonyl (C=O) groups excluding carboxylic acids is 2. The van der Waals surface area contributed by atoms with Gasteiger partial charge in [-0.1, -0.05) is 0 Å². The largest absolute Gasteiger partial charge is 0.493 e. The van der Waals surface area contributed by atoms with Crippen molar-refractivity contribution in [3.05, 3.63) is 23.8 Å². The fourth-order valence-electron chi connectivity index (χ4n) is 2.03. The Morgan fingerprint density at radius 2 is 1.76 bits per heavy atom. The van der Waals surface area contributed by atoms with Crippen LogP contribution in [-0.4, -0.2) is 62.9 Å². The van der Waals surface area contributed by atoms with Crippen LogP contribution in [0.3, 0.4) is 0 Å². The van der Waals surface area contributed by atoms with Gasteiger partial charge in [0.1, 0.15) is 0 Å². The molecule has 0 spiro atoms. The predicted octanol–water partition coefficient (Wildman–Crippen LogP) is 0.0395. The Bertz CT molecular complexity index is 647. The van der Waals surface area contributed by atoms with Crippen molar-refractivity contribution in [2.45, 2.75) is 12.5 Å². The molecule has 9 heteroatoms. The fraction of sp³-hybridized carbons (Fsp3) is 0.438. The standard InChI is InChI=1S/C16H22N2O7/c1-16(9-23-2,15(21)22)18-13(19)8-17-14(20)10-5-6-11(24-3)12(7-10)25-4/h5-7H,8-9H2,1-4H3,(H,17,20)(H,18,19)(H,21,22). The molecule has 1 aromatic rings. The van der Waals surface area contributed by atoms with E-state index >= 15 is 0 Å². The first kappa shape index (κ1) is 20.2. The van der Waals surface area contributed by atoms with Crippen molar-refractivity contribution >= 4 is 17.8 Å². The minimum Gasteiger partial charge on any atom is -0.493 e. The van der Waals surface area contributed by atoms with Crippen LogP contribution in [0.2, 0.25) is 0 Å². The summed E-state index contributed by atoms with van der Waals surface area (Å²) in [5.74, 6) is -1.57. The topological polar surface area (TPSA) is 123 Å². The number of aliphatic carboxylic acids is 1. The molecular weight excluding hydrogens is 332 g/mol. The van der Waals surface area contributed by atoms with Gasteiger partial charge in [0.2, 0.25) is 5.91 Å². The van der Waals surface area contributed by atoms with Gasteiger partial charge >= 0.3 is 5.97 Å². The zero-order valence-electron chi connectivity index (χ0n) is 14.5. The van der Waals surface area contributed by atoms with Gasteiger partial charge in [0.25, 0.3) is 5.91 Å². The minimum atomic E-state index is -1.58. The van der Waals surface area contributed by atoms with Gasteiger partial charge in [-0.25, -0.2) is 4.79 Å². The Morgan fingerprint density at radius 3 is 2.28 bits per heavy atom. The average molecular weight is 354 g/mol. The maximum atomic E-state index is 12.1. The number of hydrogen-bond acceptors (Lipinski definition) is 6. The lowest BCUT2D eigenvalue weighted by Gasteiger charge is -2.25. The lowest BCUT2D eigenvalue weighted by atomic mass is 10.0. The van der Waals surface area contributed by atoms with E-state index in [0.29, 0.717) is 11.5 Å². The van der Waals surface area contributed by atoms with Gasteiger partial charge in [-0.2, -0.15) is 0 Å². The lowest BCUT2D eigenvalue weighted by molar-refractivity contribution is -0.149. The summed E-state index contributed by atoms with van der Waals surface area (Å²) in [6.07, 6.45) is 0. The molecule has 0 saturated heterocycles. The normalized spacial score (nSPS) is 12.6. The van der Waals surface area contributed by atoms with Gasteiger partial charge in [0.05, 0.1) is 27.4 Å². The zero-order chi connectivity index (χ0) is 19.0. The van der Waals surface area contributed by atoms with Crippen LogP contribution in [0.5, 0.6) is 11.5 Å². The van der Waals surface area contributed by atoms with E-state index in [1.807, 2.05) is 0 Å². The maximum Gasteiger partial charge on any atom is 0.331 e. The second kappa shape index (κ2) is 8.88. The third-order valence-corrected chi connectivity index (χ3v) is 3.38. The highest BCUT2D eigenvalue weighted by Crippen LogP contribution is 2.27. The van der Waals surface area contributed by atoms with Crippen molar-refractivity contribution in [2.75, 3.05) is 34.5 Å². The Morgan fingerprint density at radius 1 is 1.12 bits per heavy atom. The third kappa shape index (κ3) is 5.35. The Labute approximate surface area is 145 Å². The fourth-order valence-corrected chi connectivity index (χ4v) is 2.03. The summed E-state index contributed by atoms with van der Waals surface area (Å²) in [5.41, 5.74) is -1.32. The molecule has 0 aliphatic carbocycles. The smallest absolute Gasteiger partial charge is 0.331 e. The molecule has 138 valence electrons. The molecule has 1 atom stereocenters. The molecule has 1 rings (SSSR count). The molecule has 1 aromatic carbocycles. The van der Waals surface area contributed by atoms with Crippen LogP contribution in [0, 0.1) is 0 Å². The molecule has 0 aliphatic heterocycles. The highest BCUT2D eigenvalue weighted by atomic mass is 16.5. The van der Waals surface area contributed by atoms with Crippen molar-refractivity contribution < 1.29 is 33.7 Å². The molecule has 2 amide bonds. The first-order valence-electron chi connectivity index (χ1n) is 7.31. The van der Waals surface area contributed by atoms with E-state index in [2.05, 4.69) is 10.6 Å².